The van der Waals surface area contributed by atoms with Crippen molar-refractivity contribution in [3.05, 3.63) is 88.6 Å². The average Bonchev–Trinajstić information content (AvgIpc) is 2.74. The number of para-hydroxylation sites is 1. The van der Waals surface area contributed by atoms with E-state index >= 15 is 0 Å². The van der Waals surface area contributed by atoms with Gasteiger partial charge in [0.05, 0.1) is 12.7 Å². The maximum atomic E-state index is 12.3. The first-order chi connectivity index (χ1) is 13.7. The minimum atomic E-state index is -0.147. The Morgan fingerprint density at radius 3 is 2.57 bits per heavy atom. The van der Waals surface area contributed by atoms with Crippen molar-refractivity contribution < 1.29 is 9.53 Å². The standard InChI is InChI=1S/C22H22ClN3O2/c1-28-20-5-3-2-4-17(20)12-13-24-22(27)18-8-11-21(26-15-18)25-14-16-6-9-19(23)10-7-16/h2-11,15H,12-14H2,1H3,(H,24,27)(H,25,26). The second-order valence-electron chi connectivity index (χ2n) is 6.23. The van der Waals surface area contributed by atoms with Gasteiger partial charge in [-0.15, -0.1) is 0 Å². The lowest BCUT2D eigenvalue weighted by molar-refractivity contribution is 0.0953. The largest absolute Gasteiger partial charge is 0.496 e. The van der Waals surface area contributed by atoms with E-state index < -0.39 is 0 Å². The quantitative estimate of drug-likeness (QED) is 0.596. The minimum Gasteiger partial charge on any atom is -0.496 e. The van der Waals surface area contributed by atoms with E-state index in [1.807, 2.05) is 48.5 Å². The molecule has 0 aliphatic rings. The summed E-state index contributed by atoms with van der Waals surface area (Å²) in [5.74, 6) is 1.39. The molecule has 0 unspecified atom stereocenters. The molecule has 1 heterocycles. The molecule has 28 heavy (non-hydrogen) atoms. The van der Waals surface area contributed by atoms with Crippen molar-refractivity contribution in [3.8, 4) is 5.75 Å². The summed E-state index contributed by atoms with van der Waals surface area (Å²) in [5, 5.41) is 6.85. The van der Waals surface area contributed by atoms with E-state index in [9.17, 15) is 4.79 Å². The van der Waals surface area contributed by atoms with Crippen LogP contribution in [0, 0.1) is 0 Å². The SMILES string of the molecule is COc1ccccc1CCNC(=O)c1ccc(NCc2ccc(Cl)cc2)nc1. The number of aromatic nitrogens is 1. The van der Waals surface area contributed by atoms with Crippen molar-refractivity contribution in [2.24, 2.45) is 0 Å². The second-order valence-corrected chi connectivity index (χ2v) is 6.67. The van der Waals surface area contributed by atoms with Crippen molar-refractivity contribution in [1.82, 2.24) is 10.3 Å². The van der Waals surface area contributed by atoms with Gasteiger partial charge in [0.2, 0.25) is 0 Å². The molecule has 6 heteroatoms. The van der Waals surface area contributed by atoms with Gasteiger partial charge in [0, 0.05) is 24.3 Å². The molecule has 0 spiro atoms. The third-order valence-electron chi connectivity index (χ3n) is 4.28. The van der Waals surface area contributed by atoms with E-state index in [1.165, 1.54) is 0 Å². The van der Waals surface area contributed by atoms with Crippen LogP contribution in [0.1, 0.15) is 21.5 Å². The molecule has 0 atom stereocenters. The Hall–Kier alpha value is -3.05. The molecule has 0 aliphatic heterocycles. The van der Waals surface area contributed by atoms with Crippen LogP contribution in [0.3, 0.4) is 0 Å². The van der Waals surface area contributed by atoms with Crippen molar-refractivity contribution in [2.45, 2.75) is 13.0 Å². The molecule has 0 fully saturated rings. The zero-order valence-electron chi connectivity index (χ0n) is 15.6. The molecule has 0 saturated carbocycles. The van der Waals surface area contributed by atoms with E-state index in [-0.39, 0.29) is 5.91 Å². The van der Waals surface area contributed by atoms with E-state index in [0.717, 1.165) is 16.9 Å². The number of amides is 1. The van der Waals surface area contributed by atoms with Crippen LogP contribution < -0.4 is 15.4 Å². The Balaban J connectivity index is 1.48. The van der Waals surface area contributed by atoms with Gasteiger partial charge in [-0.25, -0.2) is 4.98 Å². The fourth-order valence-corrected chi connectivity index (χ4v) is 2.88. The van der Waals surface area contributed by atoms with Gasteiger partial charge >= 0.3 is 0 Å². The topological polar surface area (TPSA) is 63.2 Å². The van der Waals surface area contributed by atoms with Crippen LogP contribution in [0.15, 0.2) is 66.9 Å². The highest BCUT2D eigenvalue weighted by Crippen LogP contribution is 2.17. The zero-order chi connectivity index (χ0) is 19.8. The lowest BCUT2D eigenvalue weighted by Crippen LogP contribution is -2.25. The lowest BCUT2D eigenvalue weighted by Gasteiger charge is -2.10. The summed E-state index contributed by atoms with van der Waals surface area (Å²) in [7, 11) is 1.64. The molecule has 0 bridgehead atoms. The number of pyridine rings is 1. The summed E-state index contributed by atoms with van der Waals surface area (Å²) in [6.07, 6.45) is 2.27. The number of hydrogen-bond acceptors (Lipinski definition) is 4. The highest BCUT2D eigenvalue weighted by Gasteiger charge is 2.07. The van der Waals surface area contributed by atoms with Gasteiger partial charge in [-0.3, -0.25) is 4.79 Å². The second kappa shape index (κ2) is 9.76. The Morgan fingerprint density at radius 1 is 1.07 bits per heavy atom. The summed E-state index contributed by atoms with van der Waals surface area (Å²) in [4.78, 5) is 16.6. The molecule has 0 aliphatic carbocycles. The van der Waals surface area contributed by atoms with Crippen LogP contribution in [-0.2, 0) is 13.0 Å². The third-order valence-corrected chi connectivity index (χ3v) is 4.54. The molecule has 3 aromatic rings. The first-order valence-electron chi connectivity index (χ1n) is 9.00. The van der Waals surface area contributed by atoms with Gasteiger partial charge in [-0.1, -0.05) is 41.9 Å². The number of hydrogen-bond donors (Lipinski definition) is 2. The van der Waals surface area contributed by atoms with Gasteiger partial charge in [-0.2, -0.15) is 0 Å². The molecule has 1 aromatic heterocycles. The van der Waals surface area contributed by atoms with E-state index in [0.29, 0.717) is 35.9 Å². The van der Waals surface area contributed by atoms with Crippen LogP contribution in [-0.4, -0.2) is 24.5 Å². The molecule has 144 valence electrons. The number of benzene rings is 2. The molecule has 0 saturated heterocycles. The summed E-state index contributed by atoms with van der Waals surface area (Å²) < 4.78 is 5.33. The summed E-state index contributed by atoms with van der Waals surface area (Å²) >= 11 is 5.89. The van der Waals surface area contributed by atoms with E-state index in [4.69, 9.17) is 16.3 Å². The molecule has 0 radical (unpaired) electrons. The number of anilines is 1. The number of methoxy groups -OCH3 is 1. The predicted octanol–water partition coefficient (Wildman–Crippen LogP) is 4.33. The van der Waals surface area contributed by atoms with Gasteiger partial charge in [0.1, 0.15) is 11.6 Å². The third kappa shape index (κ3) is 5.47. The first kappa shape index (κ1) is 19.7. The fraction of sp³-hybridized carbons (Fsp3) is 0.182. The van der Waals surface area contributed by atoms with Gasteiger partial charge in [-0.05, 0) is 47.9 Å². The molecule has 3 rings (SSSR count). The maximum absolute atomic E-state index is 12.3. The number of nitrogens with zero attached hydrogens (tertiary/aromatic N) is 1. The zero-order valence-corrected chi connectivity index (χ0v) is 16.4. The Kier molecular flexibility index (Phi) is 6.87. The monoisotopic (exact) mass is 395 g/mol. The summed E-state index contributed by atoms with van der Waals surface area (Å²) in [6.45, 7) is 1.16. The minimum absolute atomic E-state index is 0.147. The van der Waals surface area contributed by atoms with Gasteiger partial charge in [0.25, 0.3) is 5.91 Å². The van der Waals surface area contributed by atoms with Crippen LogP contribution in [0.4, 0.5) is 5.82 Å². The van der Waals surface area contributed by atoms with E-state index in [2.05, 4.69) is 15.6 Å². The van der Waals surface area contributed by atoms with Gasteiger partial charge < -0.3 is 15.4 Å². The highest BCUT2D eigenvalue weighted by molar-refractivity contribution is 6.30. The molecule has 1 amide bonds. The first-order valence-corrected chi connectivity index (χ1v) is 9.38. The van der Waals surface area contributed by atoms with Gasteiger partial charge in [0.15, 0.2) is 0 Å². The van der Waals surface area contributed by atoms with Crippen molar-refractivity contribution in [1.29, 1.82) is 0 Å². The Morgan fingerprint density at radius 2 is 1.86 bits per heavy atom. The van der Waals surface area contributed by atoms with Crippen LogP contribution >= 0.6 is 11.6 Å². The predicted molar refractivity (Wildman–Crippen MR) is 112 cm³/mol. The van der Waals surface area contributed by atoms with E-state index in [1.54, 1.807) is 25.4 Å². The highest BCUT2D eigenvalue weighted by atomic mass is 35.5. The molecular weight excluding hydrogens is 374 g/mol. The average molecular weight is 396 g/mol. The normalized spacial score (nSPS) is 10.4. The van der Waals surface area contributed by atoms with Crippen LogP contribution in [0.25, 0.3) is 0 Å². The molecule has 2 aromatic carbocycles. The molecule has 2 N–H and O–H groups in total. The Labute approximate surface area is 169 Å². The molecular formula is C22H22ClN3O2. The number of ether oxygens (including phenoxy) is 1. The van der Waals surface area contributed by atoms with Crippen LogP contribution in [0.2, 0.25) is 5.02 Å². The van der Waals surface area contributed by atoms with Crippen LogP contribution in [0.5, 0.6) is 5.75 Å². The number of carbonyl (C=O) groups is 1. The smallest absolute Gasteiger partial charge is 0.252 e. The lowest BCUT2D eigenvalue weighted by atomic mass is 10.1. The summed E-state index contributed by atoms with van der Waals surface area (Å²) in [6, 6.07) is 19.0. The maximum Gasteiger partial charge on any atom is 0.252 e. The Bertz CT molecular complexity index is 912. The number of halogens is 1. The number of rotatable bonds is 8. The fourth-order valence-electron chi connectivity index (χ4n) is 2.75. The van der Waals surface area contributed by atoms with Crippen molar-refractivity contribution in [3.63, 3.8) is 0 Å². The number of nitrogens with one attached hydrogen (secondary N) is 2. The van der Waals surface area contributed by atoms with Crippen molar-refractivity contribution >= 4 is 23.3 Å². The summed E-state index contributed by atoms with van der Waals surface area (Å²) in [5.41, 5.74) is 2.69. The molecule has 5 nitrogen and oxygen atoms in total. The number of carbonyl (C=O) groups excluding carboxylic acids is 1. The van der Waals surface area contributed by atoms with Crippen molar-refractivity contribution in [2.75, 3.05) is 19.0 Å².